The van der Waals surface area contributed by atoms with E-state index < -0.39 is 0 Å². The van der Waals surface area contributed by atoms with E-state index in [1.807, 2.05) is 23.1 Å². The zero-order chi connectivity index (χ0) is 18.4. The van der Waals surface area contributed by atoms with Crippen LogP contribution in [0.15, 0.2) is 30.3 Å². The van der Waals surface area contributed by atoms with Crippen molar-refractivity contribution in [1.29, 1.82) is 0 Å². The molecule has 0 aliphatic carbocycles. The number of hydrogen-bond acceptors (Lipinski definition) is 4. The van der Waals surface area contributed by atoms with Gasteiger partial charge in [-0.3, -0.25) is 9.69 Å². The molecule has 0 bridgehead atoms. The first kappa shape index (κ1) is 18.9. The zero-order valence-corrected chi connectivity index (χ0v) is 15.9. The van der Waals surface area contributed by atoms with Crippen LogP contribution in [0, 0.1) is 5.41 Å². The number of ether oxygens (including phenoxy) is 2. The number of nitrogens with zero attached hydrogens (tertiary/aromatic N) is 2. The number of benzene rings is 1. The number of likely N-dealkylation sites (tertiary alicyclic amines) is 2. The van der Waals surface area contributed by atoms with E-state index in [0.29, 0.717) is 19.1 Å². The molecule has 2 saturated heterocycles. The molecule has 5 nitrogen and oxygen atoms in total. The van der Waals surface area contributed by atoms with Crippen LogP contribution in [-0.4, -0.2) is 69.3 Å². The van der Waals surface area contributed by atoms with Crippen LogP contribution in [-0.2, 0) is 9.53 Å². The van der Waals surface area contributed by atoms with Gasteiger partial charge >= 0.3 is 0 Å². The quantitative estimate of drug-likeness (QED) is 0.752. The van der Waals surface area contributed by atoms with Crippen LogP contribution in [0.1, 0.15) is 24.8 Å². The van der Waals surface area contributed by atoms with E-state index in [1.54, 1.807) is 14.2 Å². The molecule has 1 atom stereocenters. The largest absolute Gasteiger partial charge is 0.496 e. The first-order chi connectivity index (χ1) is 12.7. The number of carbonyl (C=O) groups excluding carboxylic acids is 1. The predicted molar refractivity (Wildman–Crippen MR) is 103 cm³/mol. The summed E-state index contributed by atoms with van der Waals surface area (Å²) in [7, 11) is 3.39. The summed E-state index contributed by atoms with van der Waals surface area (Å²) in [5, 5.41) is 0. The average molecular weight is 358 g/mol. The van der Waals surface area contributed by atoms with Gasteiger partial charge in [0, 0.05) is 38.9 Å². The van der Waals surface area contributed by atoms with E-state index in [4.69, 9.17) is 9.47 Å². The van der Waals surface area contributed by atoms with Gasteiger partial charge in [0.15, 0.2) is 0 Å². The van der Waals surface area contributed by atoms with E-state index in [0.717, 1.165) is 56.8 Å². The first-order valence-corrected chi connectivity index (χ1v) is 9.49. The van der Waals surface area contributed by atoms with Crippen LogP contribution in [0.5, 0.6) is 5.75 Å². The fraction of sp³-hybridized carbons (Fsp3) is 0.571. The second kappa shape index (κ2) is 8.69. The summed E-state index contributed by atoms with van der Waals surface area (Å²) >= 11 is 0. The Balaban J connectivity index is 1.58. The number of methoxy groups -OCH3 is 2. The SMILES string of the molecule is COCCN1CCCC2(CCN(CC=Cc3ccccc3OC)C2)C1=O. The minimum Gasteiger partial charge on any atom is -0.496 e. The maximum atomic E-state index is 13.0. The van der Waals surface area contributed by atoms with Crippen LogP contribution in [0.25, 0.3) is 6.08 Å². The maximum Gasteiger partial charge on any atom is 0.230 e. The highest BCUT2D eigenvalue weighted by Crippen LogP contribution is 2.40. The van der Waals surface area contributed by atoms with Crippen molar-refractivity contribution < 1.29 is 14.3 Å². The molecule has 2 fully saturated rings. The third kappa shape index (κ3) is 4.10. The molecule has 0 saturated carbocycles. The Hall–Kier alpha value is -1.85. The molecule has 3 rings (SSSR count). The standard InChI is InChI=1S/C21H30N2O3/c1-25-16-15-23-13-6-10-21(20(23)24)11-14-22(17-21)12-5-8-18-7-3-4-9-19(18)26-2/h3-5,7-9H,6,10-17H2,1-2H3. The lowest BCUT2D eigenvalue weighted by Gasteiger charge is -2.39. The van der Waals surface area contributed by atoms with Gasteiger partial charge in [0.2, 0.25) is 5.91 Å². The third-order valence-corrected chi connectivity index (χ3v) is 5.62. The van der Waals surface area contributed by atoms with Gasteiger partial charge in [-0.15, -0.1) is 0 Å². The monoisotopic (exact) mass is 358 g/mol. The fourth-order valence-corrected chi connectivity index (χ4v) is 4.19. The Morgan fingerprint density at radius 1 is 1.19 bits per heavy atom. The van der Waals surface area contributed by atoms with Crippen LogP contribution in [0.2, 0.25) is 0 Å². The summed E-state index contributed by atoms with van der Waals surface area (Å²) in [4.78, 5) is 17.4. The first-order valence-electron chi connectivity index (χ1n) is 9.49. The summed E-state index contributed by atoms with van der Waals surface area (Å²) in [6, 6.07) is 8.02. The molecule has 0 aromatic heterocycles. The Morgan fingerprint density at radius 3 is 2.85 bits per heavy atom. The molecule has 1 amide bonds. The van der Waals surface area contributed by atoms with Crippen LogP contribution in [0.3, 0.4) is 0 Å². The smallest absolute Gasteiger partial charge is 0.230 e. The zero-order valence-electron chi connectivity index (χ0n) is 15.9. The maximum absolute atomic E-state index is 13.0. The van der Waals surface area contributed by atoms with Crippen molar-refractivity contribution in [3.05, 3.63) is 35.9 Å². The number of amides is 1. The lowest BCUT2D eigenvalue weighted by Crippen LogP contribution is -2.50. The summed E-state index contributed by atoms with van der Waals surface area (Å²) < 4.78 is 10.5. The molecule has 1 unspecified atom stereocenters. The number of hydrogen-bond donors (Lipinski definition) is 0. The number of para-hydroxylation sites is 1. The molecular formula is C21H30N2O3. The highest BCUT2D eigenvalue weighted by atomic mass is 16.5. The summed E-state index contributed by atoms with van der Waals surface area (Å²) in [6.45, 7) is 4.92. The van der Waals surface area contributed by atoms with Crippen molar-refractivity contribution in [2.75, 3.05) is 53.6 Å². The van der Waals surface area contributed by atoms with Crippen molar-refractivity contribution in [2.24, 2.45) is 5.41 Å². The number of carbonyl (C=O) groups is 1. The molecule has 142 valence electrons. The molecule has 1 aromatic carbocycles. The van der Waals surface area contributed by atoms with Crippen molar-refractivity contribution in [3.8, 4) is 5.75 Å². The Labute approximate surface area is 156 Å². The summed E-state index contributed by atoms with van der Waals surface area (Å²) in [6.07, 6.45) is 7.37. The van der Waals surface area contributed by atoms with E-state index in [2.05, 4.69) is 23.1 Å². The Kier molecular flexibility index (Phi) is 6.33. The minimum atomic E-state index is -0.176. The van der Waals surface area contributed by atoms with Gasteiger partial charge in [-0.1, -0.05) is 30.4 Å². The van der Waals surface area contributed by atoms with Crippen molar-refractivity contribution in [3.63, 3.8) is 0 Å². The molecule has 5 heteroatoms. The Bertz CT molecular complexity index is 646. The van der Waals surface area contributed by atoms with Gasteiger partial charge in [-0.05, 0) is 31.9 Å². The molecule has 1 aromatic rings. The normalized spacial score (nSPS) is 24.1. The lowest BCUT2D eigenvalue weighted by molar-refractivity contribution is -0.146. The average Bonchev–Trinajstić information content (AvgIpc) is 3.07. The number of rotatable bonds is 7. The van der Waals surface area contributed by atoms with E-state index >= 15 is 0 Å². The molecule has 1 spiro atoms. The van der Waals surface area contributed by atoms with Crippen molar-refractivity contribution in [1.82, 2.24) is 9.80 Å². The second-order valence-electron chi connectivity index (χ2n) is 7.30. The van der Waals surface area contributed by atoms with Gasteiger partial charge in [-0.2, -0.15) is 0 Å². The molecule has 26 heavy (non-hydrogen) atoms. The lowest BCUT2D eigenvalue weighted by atomic mass is 9.78. The van der Waals surface area contributed by atoms with Gasteiger partial charge in [0.05, 0.1) is 19.1 Å². The van der Waals surface area contributed by atoms with Gasteiger partial charge in [0.1, 0.15) is 5.75 Å². The van der Waals surface area contributed by atoms with Crippen molar-refractivity contribution in [2.45, 2.75) is 19.3 Å². The van der Waals surface area contributed by atoms with Crippen LogP contribution in [0.4, 0.5) is 0 Å². The molecule has 0 N–H and O–H groups in total. The van der Waals surface area contributed by atoms with Crippen LogP contribution < -0.4 is 4.74 Å². The molecular weight excluding hydrogens is 328 g/mol. The highest BCUT2D eigenvalue weighted by molar-refractivity contribution is 5.84. The highest BCUT2D eigenvalue weighted by Gasteiger charge is 2.47. The summed E-state index contributed by atoms with van der Waals surface area (Å²) in [5.41, 5.74) is 0.910. The van der Waals surface area contributed by atoms with E-state index in [9.17, 15) is 4.79 Å². The van der Waals surface area contributed by atoms with Crippen LogP contribution >= 0.6 is 0 Å². The molecule has 0 radical (unpaired) electrons. The predicted octanol–water partition coefficient (Wildman–Crippen LogP) is 2.67. The van der Waals surface area contributed by atoms with Gasteiger partial charge in [-0.25, -0.2) is 0 Å². The van der Waals surface area contributed by atoms with Gasteiger partial charge in [0.25, 0.3) is 0 Å². The Morgan fingerprint density at radius 2 is 2.04 bits per heavy atom. The molecule has 2 heterocycles. The minimum absolute atomic E-state index is 0.176. The van der Waals surface area contributed by atoms with E-state index in [1.165, 1.54) is 0 Å². The molecule has 2 aliphatic rings. The van der Waals surface area contributed by atoms with Gasteiger partial charge < -0.3 is 14.4 Å². The van der Waals surface area contributed by atoms with E-state index in [-0.39, 0.29) is 5.41 Å². The summed E-state index contributed by atoms with van der Waals surface area (Å²) in [5.74, 6) is 1.22. The fourth-order valence-electron chi connectivity index (χ4n) is 4.19. The molecule has 2 aliphatic heterocycles. The van der Waals surface area contributed by atoms with Crippen molar-refractivity contribution >= 4 is 12.0 Å². The third-order valence-electron chi connectivity index (χ3n) is 5.62. The second-order valence-corrected chi connectivity index (χ2v) is 7.30. The topological polar surface area (TPSA) is 42.0 Å². The number of piperidine rings is 1.